The molecule has 0 aliphatic heterocycles. The Morgan fingerprint density at radius 3 is 2.76 bits per heavy atom. The molecular weight excluding hydrogens is 263 g/mol. The molecular formula is C10H13FN2O2S2. The average molecular weight is 276 g/mol. The predicted octanol–water partition coefficient (Wildman–Crippen LogP) is 0.710. The third-order valence-electron chi connectivity index (χ3n) is 1.98. The van der Waals surface area contributed by atoms with E-state index in [1.807, 2.05) is 0 Å². The van der Waals surface area contributed by atoms with Crippen molar-refractivity contribution in [3.8, 4) is 0 Å². The second-order valence-corrected chi connectivity index (χ2v) is 5.65. The van der Waals surface area contributed by atoms with Crippen molar-refractivity contribution in [2.75, 3.05) is 13.2 Å². The smallest absolute Gasteiger partial charge is 0.215 e. The van der Waals surface area contributed by atoms with Crippen LogP contribution in [0.25, 0.3) is 0 Å². The van der Waals surface area contributed by atoms with E-state index in [1.165, 1.54) is 0 Å². The molecule has 0 aliphatic rings. The van der Waals surface area contributed by atoms with Crippen LogP contribution >= 0.6 is 12.2 Å². The Labute approximate surface area is 105 Å². The van der Waals surface area contributed by atoms with Crippen molar-refractivity contribution in [1.29, 1.82) is 0 Å². The molecule has 0 unspecified atom stereocenters. The summed E-state index contributed by atoms with van der Waals surface area (Å²) in [5, 5.41) is 0. The number of nitrogens with one attached hydrogen (secondary N) is 1. The second-order valence-electron chi connectivity index (χ2n) is 3.41. The van der Waals surface area contributed by atoms with Crippen LogP contribution in [0.3, 0.4) is 0 Å². The quantitative estimate of drug-likeness (QED) is 0.751. The minimum Gasteiger partial charge on any atom is -0.389 e. The number of nitrogens with two attached hydrogens (primary N) is 1. The zero-order chi connectivity index (χ0) is 12.9. The van der Waals surface area contributed by atoms with E-state index >= 15 is 0 Å². The molecule has 3 N–H and O–H groups in total. The molecule has 0 aliphatic carbocycles. The Morgan fingerprint density at radius 2 is 2.18 bits per heavy atom. The summed E-state index contributed by atoms with van der Waals surface area (Å²) in [6.07, 6.45) is 0. The van der Waals surface area contributed by atoms with Gasteiger partial charge in [-0.05, 0) is 11.6 Å². The van der Waals surface area contributed by atoms with Crippen molar-refractivity contribution >= 4 is 27.2 Å². The number of sulfonamides is 1. The van der Waals surface area contributed by atoms with Crippen molar-refractivity contribution in [2.45, 2.75) is 5.75 Å². The largest absolute Gasteiger partial charge is 0.389 e. The third kappa shape index (κ3) is 4.76. The molecule has 0 saturated heterocycles. The van der Waals surface area contributed by atoms with Crippen LogP contribution in [0.1, 0.15) is 11.1 Å². The van der Waals surface area contributed by atoms with E-state index < -0.39 is 16.7 Å². The van der Waals surface area contributed by atoms with Gasteiger partial charge in [0.05, 0.1) is 5.75 Å². The summed E-state index contributed by atoms with van der Waals surface area (Å²) in [5.41, 5.74) is 6.61. The summed E-state index contributed by atoms with van der Waals surface area (Å²) in [6, 6.07) is 6.63. The first-order chi connectivity index (χ1) is 7.94. The first-order valence-electron chi connectivity index (χ1n) is 4.86. The highest BCUT2D eigenvalue weighted by atomic mass is 32.2. The maximum absolute atomic E-state index is 11.9. The van der Waals surface area contributed by atoms with Gasteiger partial charge in [0, 0.05) is 12.1 Å². The van der Waals surface area contributed by atoms with Gasteiger partial charge in [-0.25, -0.2) is 17.5 Å². The summed E-state index contributed by atoms with van der Waals surface area (Å²) < 4.78 is 37.0. The fourth-order valence-electron chi connectivity index (χ4n) is 1.28. The van der Waals surface area contributed by atoms with Crippen LogP contribution in [-0.4, -0.2) is 26.6 Å². The molecule has 0 amide bonds. The van der Waals surface area contributed by atoms with Gasteiger partial charge in [-0.3, -0.25) is 0 Å². The predicted molar refractivity (Wildman–Crippen MR) is 68.9 cm³/mol. The Balaban J connectivity index is 2.81. The van der Waals surface area contributed by atoms with Gasteiger partial charge in [0.2, 0.25) is 10.0 Å². The Kier molecular flexibility index (Phi) is 4.98. The minimum absolute atomic E-state index is 0.209. The van der Waals surface area contributed by atoms with Crippen molar-refractivity contribution in [3.63, 3.8) is 0 Å². The zero-order valence-corrected chi connectivity index (χ0v) is 10.7. The van der Waals surface area contributed by atoms with Gasteiger partial charge in [0.15, 0.2) is 0 Å². The van der Waals surface area contributed by atoms with Gasteiger partial charge in [-0.2, -0.15) is 0 Å². The van der Waals surface area contributed by atoms with Gasteiger partial charge in [0.25, 0.3) is 0 Å². The monoisotopic (exact) mass is 276 g/mol. The van der Waals surface area contributed by atoms with Crippen molar-refractivity contribution in [2.24, 2.45) is 5.73 Å². The van der Waals surface area contributed by atoms with E-state index in [9.17, 15) is 12.8 Å². The van der Waals surface area contributed by atoms with Crippen LogP contribution in [0.4, 0.5) is 4.39 Å². The lowest BCUT2D eigenvalue weighted by molar-refractivity contribution is 0.486. The van der Waals surface area contributed by atoms with E-state index in [-0.39, 0.29) is 17.3 Å². The second kappa shape index (κ2) is 6.04. The maximum atomic E-state index is 11.9. The van der Waals surface area contributed by atoms with Crippen LogP contribution in [-0.2, 0) is 15.8 Å². The molecule has 4 nitrogen and oxygen atoms in total. The fourth-order valence-corrected chi connectivity index (χ4v) is 2.51. The van der Waals surface area contributed by atoms with Crippen LogP contribution in [0.5, 0.6) is 0 Å². The third-order valence-corrected chi connectivity index (χ3v) is 3.58. The standard InChI is InChI=1S/C10H13FN2O2S2/c11-4-5-13-17(14,15)7-8-2-1-3-9(6-8)10(12)16/h1-3,6,13H,4-5,7H2,(H2,12,16). The number of thiocarbonyl (C=S) groups is 1. The topological polar surface area (TPSA) is 72.2 Å². The highest BCUT2D eigenvalue weighted by molar-refractivity contribution is 7.88. The van der Waals surface area contributed by atoms with Gasteiger partial charge in [0.1, 0.15) is 11.7 Å². The lowest BCUT2D eigenvalue weighted by Crippen LogP contribution is -2.27. The first kappa shape index (κ1) is 14.0. The van der Waals surface area contributed by atoms with Gasteiger partial charge >= 0.3 is 0 Å². The maximum Gasteiger partial charge on any atom is 0.215 e. The molecule has 0 spiro atoms. The van der Waals surface area contributed by atoms with E-state index in [0.29, 0.717) is 11.1 Å². The Morgan fingerprint density at radius 1 is 1.47 bits per heavy atom. The first-order valence-corrected chi connectivity index (χ1v) is 6.93. The summed E-state index contributed by atoms with van der Waals surface area (Å²) in [6.45, 7) is -0.941. The number of hydrogen-bond acceptors (Lipinski definition) is 3. The van der Waals surface area contributed by atoms with Crippen LogP contribution in [0.15, 0.2) is 24.3 Å². The lowest BCUT2D eigenvalue weighted by Gasteiger charge is -2.06. The summed E-state index contributed by atoms with van der Waals surface area (Å²) in [7, 11) is -3.51. The van der Waals surface area contributed by atoms with Crippen molar-refractivity contribution in [3.05, 3.63) is 35.4 Å². The molecule has 1 rings (SSSR count). The highest BCUT2D eigenvalue weighted by Gasteiger charge is 2.11. The van der Waals surface area contributed by atoms with Gasteiger partial charge in [-0.15, -0.1) is 0 Å². The van der Waals surface area contributed by atoms with Gasteiger partial charge < -0.3 is 5.73 Å². The SMILES string of the molecule is NC(=S)c1cccc(CS(=O)(=O)NCCF)c1. The molecule has 0 radical (unpaired) electrons. The number of rotatable bonds is 6. The molecule has 0 fully saturated rings. The molecule has 0 saturated carbocycles. The molecule has 17 heavy (non-hydrogen) atoms. The molecule has 7 heteroatoms. The molecule has 0 aromatic heterocycles. The molecule has 0 atom stereocenters. The number of benzene rings is 1. The van der Waals surface area contributed by atoms with E-state index in [2.05, 4.69) is 4.72 Å². The number of alkyl halides is 1. The number of halogens is 1. The van der Waals surface area contributed by atoms with E-state index in [1.54, 1.807) is 24.3 Å². The summed E-state index contributed by atoms with van der Waals surface area (Å²) >= 11 is 4.80. The van der Waals surface area contributed by atoms with E-state index in [4.69, 9.17) is 18.0 Å². The molecule has 0 heterocycles. The Hall–Kier alpha value is -1.05. The van der Waals surface area contributed by atoms with Crippen LogP contribution in [0, 0.1) is 0 Å². The zero-order valence-electron chi connectivity index (χ0n) is 9.02. The average Bonchev–Trinajstić information content (AvgIpc) is 2.26. The molecule has 1 aromatic rings. The fraction of sp³-hybridized carbons (Fsp3) is 0.300. The van der Waals surface area contributed by atoms with Crippen LogP contribution < -0.4 is 10.5 Å². The van der Waals surface area contributed by atoms with Crippen LogP contribution in [0.2, 0.25) is 0 Å². The Bertz CT molecular complexity index is 503. The molecule has 1 aromatic carbocycles. The number of hydrogen-bond donors (Lipinski definition) is 2. The minimum atomic E-state index is -3.51. The van der Waals surface area contributed by atoms with E-state index in [0.717, 1.165) is 0 Å². The lowest BCUT2D eigenvalue weighted by atomic mass is 10.1. The van der Waals surface area contributed by atoms with Crippen molar-refractivity contribution in [1.82, 2.24) is 4.72 Å². The molecule has 0 bridgehead atoms. The van der Waals surface area contributed by atoms with Gasteiger partial charge in [-0.1, -0.05) is 30.4 Å². The summed E-state index contributed by atoms with van der Waals surface area (Å²) in [5.74, 6) is -0.219. The summed E-state index contributed by atoms with van der Waals surface area (Å²) in [4.78, 5) is 0.209. The normalized spacial score (nSPS) is 11.4. The highest BCUT2D eigenvalue weighted by Crippen LogP contribution is 2.08. The molecule has 94 valence electrons. The van der Waals surface area contributed by atoms with Crippen molar-refractivity contribution < 1.29 is 12.8 Å².